The van der Waals surface area contributed by atoms with Crippen molar-refractivity contribution in [3.8, 4) is 0 Å². The standard InChI is InChI=1S/C46H80N14O16S/c1-8-22(4)34(45(75)76)58-41(71)27(17-21(2)3)56-42(72)30-12-10-15-60(30)44(74)36(24(6)62)59-43(73)35(23(5)61)57-32(64)20-52-38(68)29(19-33(65)66)55-40(70)28(18-31(48)63)54-39(69)26(13-16-77-7)53-37(67)25(47)11-9-14-51-46(49)50/h21-30,34-36,61-62H,8-20,47H2,1-7H3,(H2,48,63)(H,52,68)(H,53,67)(H,54,69)(H,55,70)(H,56,72)(H,57,64)(H,58,71)(H,59,73)(H,65,66)(H,75,76)(H4,49,50,51)/t22-,23+,24+,25-,26-,27-,28-,29-,30-,34-,35-,36-/m0/s1. The van der Waals surface area contributed by atoms with Gasteiger partial charge in [-0.2, -0.15) is 11.8 Å². The lowest BCUT2D eigenvalue weighted by molar-refractivity contribution is -0.146. The predicted octanol–water partition coefficient (Wildman–Crippen LogP) is -6.09. The molecular weight excluding hydrogens is 1040 g/mol. The van der Waals surface area contributed by atoms with Crippen LogP contribution in [0.2, 0.25) is 0 Å². The van der Waals surface area contributed by atoms with Gasteiger partial charge >= 0.3 is 11.9 Å². The Morgan fingerprint density at radius 1 is 0.675 bits per heavy atom. The number of hydrogen-bond acceptors (Lipinski definition) is 17. The molecule has 0 aliphatic carbocycles. The lowest BCUT2D eigenvalue weighted by atomic mass is 9.97. The molecule has 20 N–H and O–H groups in total. The minimum Gasteiger partial charge on any atom is -0.481 e. The smallest absolute Gasteiger partial charge is 0.326 e. The van der Waals surface area contributed by atoms with E-state index in [1.165, 1.54) is 11.8 Å². The Kier molecular flexibility index (Phi) is 30.1. The number of hydrogen-bond donors (Lipinski definition) is 16. The van der Waals surface area contributed by atoms with Gasteiger partial charge in [-0.05, 0) is 76.2 Å². The van der Waals surface area contributed by atoms with Gasteiger partial charge in [0.2, 0.25) is 59.1 Å². The molecular formula is C46H80N14O16S. The topological polar surface area (TPSA) is 502 Å². The van der Waals surface area contributed by atoms with Crippen LogP contribution < -0.4 is 65.5 Å². The maximum atomic E-state index is 14.0. The third kappa shape index (κ3) is 24.3. The van der Waals surface area contributed by atoms with Crippen LogP contribution in [0.15, 0.2) is 4.99 Å². The van der Waals surface area contributed by atoms with Crippen LogP contribution in [-0.4, -0.2) is 201 Å². The molecule has 10 amide bonds. The van der Waals surface area contributed by atoms with E-state index in [4.69, 9.17) is 22.9 Å². The molecule has 1 fully saturated rings. The molecule has 436 valence electrons. The van der Waals surface area contributed by atoms with Gasteiger partial charge in [-0.15, -0.1) is 0 Å². The van der Waals surface area contributed by atoms with Gasteiger partial charge in [0.15, 0.2) is 5.96 Å². The first-order valence-corrected chi connectivity index (χ1v) is 26.4. The van der Waals surface area contributed by atoms with Gasteiger partial charge in [0.25, 0.3) is 0 Å². The van der Waals surface area contributed by atoms with E-state index in [1.54, 1.807) is 34.0 Å². The number of guanidine groups is 1. The summed E-state index contributed by atoms with van der Waals surface area (Å²) >= 11 is 1.31. The maximum Gasteiger partial charge on any atom is 0.326 e. The summed E-state index contributed by atoms with van der Waals surface area (Å²) in [6, 6.07) is -13.4. The van der Waals surface area contributed by atoms with Crippen LogP contribution in [0.4, 0.5) is 0 Å². The summed E-state index contributed by atoms with van der Waals surface area (Å²) in [6.07, 6.45) is -2.15. The van der Waals surface area contributed by atoms with Gasteiger partial charge in [0, 0.05) is 13.1 Å². The number of thioether (sulfide) groups is 1. The zero-order chi connectivity index (χ0) is 58.9. The molecule has 0 spiro atoms. The molecule has 77 heavy (non-hydrogen) atoms. The SMILES string of the molecule is CC[C@H](C)[C@H](NC(=O)[C@H](CC(C)C)NC(=O)[C@@H]1CCCN1C(=O)[C@@H](NC(=O)[C@@H](NC(=O)CNC(=O)[C@H](CC(=O)O)NC(=O)[C@H](CC(N)=O)NC(=O)[C@H](CCSC)NC(=O)[C@@H](N)CCCN=C(N)N)[C@@H](C)O)[C@@H](C)O)C(=O)O. The van der Waals surface area contributed by atoms with Crippen LogP contribution in [0, 0.1) is 11.8 Å². The molecule has 0 saturated carbocycles. The number of carbonyl (C=O) groups is 12. The quantitative estimate of drug-likeness (QED) is 0.0160. The number of aliphatic imine (C=N–C) groups is 1. The molecule has 0 unspecified atom stereocenters. The second-order valence-corrected chi connectivity index (χ2v) is 20.1. The fourth-order valence-corrected chi connectivity index (χ4v) is 8.19. The summed E-state index contributed by atoms with van der Waals surface area (Å²) in [5.41, 5.74) is 21.9. The highest BCUT2D eigenvalue weighted by atomic mass is 32.2. The Labute approximate surface area is 450 Å². The summed E-state index contributed by atoms with van der Waals surface area (Å²) in [6.45, 7) is 8.35. The molecule has 0 radical (unpaired) electrons. The lowest BCUT2D eigenvalue weighted by Gasteiger charge is -2.32. The van der Waals surface area contributed by atoms with Crippen molar-refractivity contribution in [1.29, 1.82) is 0 Å². The number of amides is 10. The van der Waals surface area contributed by atoms with Crippen molar-refractivity contribution in [1.82, 2.24) is 47.4 Å². The molecule has 0 aromatic carbocycles. The summed E-state index contributed by atoms with van der Waals surface area (Å²) in [7, 11) is 0. The number of aliphatic hydroxyl groups excluding tert-OH is 2. The number of primary amides is 1. The number of likely N-dealkylation sites (tertiary alicyclic amines) is 1. The number of rotatable bonds is 35. The Hall–Kier alpha value is -6.86. The Balaban J connectivity index is 3.18. The van der Waals surface area contributed by atoms with Gasteiger partial charge in [-0.3, -0.25) is 57.7 Å². The Bertz CT molecular complexity index is 2110. The van der Waals surface area contributed by atoms with Crippen molar-refractivity contribution >= 4 is 88.7 Å². The Morgan fingerprint density at radius 2 is 1.23 bits per heavy atom. The van der Waals surface area contributed by atoms with E-state index in [2.05, 4.69) is 47.5 Å². The summed E-state index contributed by atoms with van der Waals surface area (Å²) in [5, 5.41) is 59.1. The number of carboxylic acids is 2. The third-order valence-electron chi connectivity index (χ3n) is 12.1. The minimum atomic E-state index is -1.97. The molecule has 1 heterocycles. The van der Waals surface area contributed by atoms with Crippen LogP contribution in [0.1, 0.15) is 99.3 Å². The number of aliphatic hydroxyl groups is 2. The first-order chi connectivity index (χ1) is 35.9. The highest BCUT2D eigenvalue weighted by Gasteiger charge is 2.42. The maximum absolute atomic E-state index is 14.0. The Morgan fingerprint density at radius 3 is 1.75 bits per heavy atom. The van der Waals surface area contributed by atoms with Crippen LogP contribution in [0.3, 0.4) is 0 Å². The fourth-order valence-electron chi connectivity index (χ4n) is 7.71. The number of nitrogens with two attached hydrogens (primary N) is 4. The fraction of sp³-hybridized carbons (Fsp3) is 0.717. The van der Waals surface area contributed by atoms with E-state index in [-0.39, 0.29) is 50.7 Å². The third-order valence-corrected chi connectivity index (χ3v) is 12.7. The van der Waals surface area contributed by atoms with Gasteiger partial charge in [0.05, 0.1) is 37.6 Å². The first-order valence-electron chi connectivity index (χ1n) is 25.0. The summed E-state index contributed by atoms with van der Waals surface area (Å²) < 4.78 is 0. The zero-order valence-electron chi connectivity index (χ0n) is 44.5. The highest BCUT2D eigenvalue weighted by molar-refractivity contribution is 7.98. The number of aliphatic carboxylic acids is 2. The van der Waals surface area contributed by atoms with Crippen molar-refractivity contribution in [2.75, 3.05) is 31.6 Å². The lowest BCUT2D eigenvalue weighted by Crippen LogP contribution is -2.62. The zero-order valence-corrected chi connectivity index (χ0v) is 45.3. The van der Waals surface area contributed by atoms with Crippen LogP contribution in [-0.2, 0) is 57.5 Å². The molecule has 0 aromatic rings. The normalized spacial score (nSPS) is 17.4. The van der Waals surface area contributed by atoms with Crippen molar-refractivity contribution in [3.63, 3.8) is 0 Å². The molecule has 30 nitrogen and oxygen atoms in total. The monoisotopic (exact) mass is 1120 g/mol. The van der Waals surface area contributed by atoms with Crippen molar-refractivity contribution in [3.05, 3.63) is 0 Å². The van der Waals surface area contributed by atoms with E-state index in [0.29, 0.717) is 25.0 Å². The average Bonchev–Trinajstić information content (AvgIpc) is 3.84. The number of carboxylic acid groups (broad SMARTS) is 2. The van der Waals surface area contributed by atoms with Gasteiger partial charge < -0.3 is 90.8 Å². The minimum absolute atomic E-state index is 0.0225. The van der Waals surface area contributed by atoms with E-state index in [9.17, 15) is 78.0 Å². The molecule has 0 bridgehead atoms. The number of nitrogens with one attached hydrogen (secondary N) is 8. The molecule has 1 saturated heterocycles. The van der Waals surface area contributed by atoms with Crippen LogP contribution in [0.25, 0.3) is 0 Å². The van der Waals surface area contributed by atoms with Crippen LogP contribution >= 0.6 is 11.8 Å². The largest absolute Gasteiger partial charge is 0.481 e. The molecule has 1 aliphatic rings. The van der Waals surface area contributed by atoms with Crippen molar-refractivity contribution in [2.24, 2.45) is 39.8 Å². The van der Waals surface area contributed by atoms with Gasteiger partial charge in [-0.1, -0.05) is 34.1 Å². The van der Waals surface area contributed by atoms with Gasteiger partial charge in [-0.25, -0.2) is 4.79 Å². The van der Waals surface area contributed by atoms with E-state index in [0.717, 1.165) is 18.7 Å². The number of carbonyl (C=O) groups excluding carboxylic acids is 10. The summed E-state index contributed by atoms with van der Waals surface area (Å²) in [4.78, 5) is 162. The molecule has 1 rings (SSSR count). The number of nitrogens with zero attached hydrogens (tertiary/aromatic N) is 2. The van der Waals surface area contributed by atoms with E-state index in [1.807, 2.05) is 0 Å². The molecule has 31 heteroatoms. The summed E-state index contributed by atoms with van der Waals surface area (Å²) in [5.74, 6) is -13.5. The van der Waals surface area contributed by atoms with Crippen molar-refractivity contribution in [2.45, 2.75) is 166 Å². The highest BCUT2D eigenvalue weighted by Crippen LogP contribution is 2.21. The van der Waals surface area contributed by atoms with Gasteiger partial charge in [0.1, 0.15) is 48.3 Å². The molecule has 1 aliphatic heterocycles. The van der Waals surface area contributed by atoms with E-state index >= 15 is 0 Å². The predicted molar refractivity (Wildman–Crippen MR) is 278 cm³/mol. The van der Waals surface area contributed by atoms with Crippen LogP contribution in [0.5, 0.6) is 0 Å². The molecule has 12 atom stereocenters. The van der Waals surface area contributed by atoms with E-state index < -0.39 is 163 Å². The van der Waals surface area contributed by atoms with Crippen molar-refractivity contribution < 1.29 is 78.0 Å². The second kappa shape index (κ2) is 34.0. The molecule has 0 aromatic heterocycles. The first kappa shape index (κ1) is 68.2. The average molecular weight is 1120 g/mol. The second-order valence-electron chi connectivity index (χ2n) is 19.1.